The van der Waals surface area contributed by atoms with Crippen LogP contribution in [0, 0.1) is 13.8 Å². The number of ether oxygens (including phenoxy) is 2. The molecular weight excluding hydrogens is 690 g/mol. The molecule has 0 aliphatic carbocycles. The minimum Gasteiger partial charge on any atom is -0.507 e. The lowest BCUT2D eigenvalue weighted by Gasteiger charge is -2.49. The second-order valence-electron chi connectivity index (χ2n) is 14.5. The lowest BCUT2D eigenvalue weighted by molar-refractivity contribution is -0.231. The number of nitrogens with zero attached hydrogens (tertiary/aromatic N) is 3. The maximum Gasteiger partial charge on any atom is 0.336 e. The Balaban J connectivity index is 1.30. The molecular formula is C37H51N5O11. The molecule has 2 aromatic carbocycles. The standard InChI is InChI=1S/C37H51N5O11/c1-22-16-25(17-23(2)30(22)46)33(48)38-19-28(45)31(47)32-29(39-24(3)43)27(44)18-37(53-32,34(49)50)11-13-42-14-15-52-21-36(42)10-12-41(20-36)35(51)40(4)26-8-6-5-7-9-26/h5-9,16-17,27-29,31-32,44-47H,10-15,18-21H2,1-4H3,(H,38,48)(H,39,43)(H,49,50)/t27-,28+,29+,31+,32+,36-,37+/m0/s1. The van der Waals surface area contributed by atoms with Crippen molar-refractivity contribution in [2.45, 2.75) is 81.6 Å². The third-order valence-corrected chi connectivity index (χ3v) is 10.8. The van der Waals surface area contributed by atoms with Crippen LogP contribution >= 0.6 is 0 Å². The van der Waals surface area contributed by atoms with Crippen LogP contribution in [-0.4, -0.2) is 154 Å². The molecule has 3 aliphatic heterocycles. The Labute approximate surface area is 308 Å². The molecule has 290 valence electrons. The van der Waals surface area contributed by atoms with Crippen LogP contribution in [0.3, 0.4) is 0 Å². The van der Waals surface area contributed by atoms with Crippen molar-refractivity contribution in [1.82, 2.24) is 20.4 Å². The van der Waals surface area contributed by atoms with Crippen LogP contribution in [0.1, 0.15) is 47.7 Å². The van der Waals surface area contributed by atoms with Gasteiger partial charge in [0.25, 0.3) is 5.91 Å². The van der Waals surface area contributed by atoms with E-state index < -0.39 is 72.3 Å². The van der Waals surface area contributed by atoms with E-state index in [1.165, 1.54) is 19.1 Å². The van der Waals surface area contributed by atoms with Crippen LogP contribution in [0.25, 0.3) is 0 Å². The first kappa shape index (κ1) is 39.9. The van der Waals surface area contributed by atoms with Gasteiger partial charge in [0.2, 0.25) is 5.91 Å². The number of hydrogen-bond acceptors (Lipinski definition) is 11. The number of benzene rings is 2. The Kier molecular flexibility index (Phi) is 12.3. The molecule has 0 aromatic heterocycles. The maximum absolute atomic E-state index is 13.5. The van der Waals surface area contributed by atoms with Gasteiger partial charge >= 0.3 is 12.0 Å². The zero-order chi connectivity index (χ0) is 38.7. The number of aliphatic hydroxyl groups excluding tert-OH is 3. The van der Waals surface area contributed by atoms with Crippen LogP contribution in [0.4, 0.5) is 10.5 Å². The summed E-state index contributed by atoms with van der Waals surface area (Å²) in [5.41, 5.74) is -0.731. The van der Waals surface area contributed by atoms with Gasteiger partial charge in [-0.25, -0.2) is 9.59 Å². The van der Waals surface area contributed by atoms with Gasteiger partial charge in [-0.3, -0.25) is 19.4 Å². The molecule has 3 saturated heterocycles. The molecule has 7 atom stereocenters. The van der Waals surface area contributed by atoms with Crippen molar-refractivity contribution < 1.29 is 54.2 Å². The van der Waals surface area contributed by atoms with Crippen LogP contribution in [0.2, 0.25) is 0 Å². The highest BCUT2D eigenvalue weighted by Gasteiger charge is 2.55. The van der Waals surface area contributed by atoms with Gasteiger partial charge in [0.1, 0.15) is 18.0 Å². The third-order valence-electron chi connectivity index (χ3n) is 10.8. The predicted octanol–water partition coefficient (Wildman–Crippen LogP) is 0.362. The average molecular weight is 742 g/mol. The summed E-state index contributed by atoms with van der Waals surface area (Å²) >= 11 is 0. The van der Waals surface area contributed by atoms with Gasteiger partial charge in [-0.05, 0) is 55.7 Å². The Hall–Kier alpha value is -4.32. The van der Waals surface area contributed by atoms with Gasteiger partial charge in [0.05, 0.1) is 37.0 Å². The smallest absolute Gasteiger partial charge is 0.336 e. The van der Waals surface area contributed by atoms with Gasteiger partial charge in [-0.2, -0.15) is 0 Å². The van der Waals surface area contributed by atoms with Crippen molar-refractivity contribution in [3.63, 3.8) is 0 Å². The summed E-state index contributed by atoms with van der Waals surface area (Å²) in [5, 5.41) is 59.4. The van der Waals surface area contributed by atoms with Gasteiger partial charge in [0, 0.05) is 70.8 Å². The number of hydrogen-bond donors (Lipinski definition) is 7. The summed E-state index contributed by atoms with van der Waals surface area (Å²) in [4.78, 5) is 57.0. The lowest BCUT2D eigenvalue weighted by atomic mass is 9.81. The summed E-state index contributed by atoms with van der Waals surface area (Å²) in [5.74, 6) is -2.52. The molecule has 0 radical (unpaired) electrons. The van der Waals surface area contributed by atoms with E-state index in [4.69, 9.17) is 9.47 Å². The van der Waals surface area contributed by atoms with Gasteiger partial charge in [-0.15, -0.1) is 0 Å². The number of carbonyl (C=O) groups is 4. The van der Waals surface area contributed by atoms with E-state index in [1.54, 1.807) is 30.7 Å². The van der Waals surface area contributed by atoms with Crippen molar-refractivity contribution in [2.75, 3.05) is 57.9 Å². The number of morpholine rings is 1. The number of carboxylic acid groups (broad SMARTS) is 1. The third kappa shape index (κ3) is 8.58. The van der Waals surface area contributed by atoms with E-state index in [0.717, 1.165) is 5.69 Å². The summed E-state index contributed by atoms with van der Waals surface area (Å²) in [6.45, 7) is 6.12. The van der Waals surface area contributed by atoms with Crippen LogP contribution < -0.4 is 15.5 Å². The van der Waals surface area contributed by atoms with Crippen molar-refractivity contribution in [2.24, 2.45) is 0 Å². The SMILES string of the molecule is CC(=O)N[C@H]1[C@H]([C@H](O)[C@H](O)CNC(=O)c2cc(C)c(O)c(C)c2)O[C@@](CCN2CCOC[C@@]23CCN(C(=O)N(C)c2ccccc2)C3)(C(=O)O)C[C@@H]1O. The van der Waals surface area contributed by atoms with Crippen LogP contribution in [0.15, 0.2) is 42.5 Å². The first-order valence-electron chi connectivity index (χ1n) is 17.8. The van der Waals surface area contributed by atoms with Crippen molar-refractivity contribution in [3.05, 3.63) is 59.2 Å². The molecule has 16 nitrogen and oxygen atoms in total. The molecule has 3 heterocycles. The fraction of sp³-hybridized carbons (Fsp3) is 0.568. The molecule has 16 heteroatoms. The molecule has 3 aliphatic rings. The second-order valence-corrected chi connectivity index (χ2v) is 14.5. The number of phenols is 1. The van der Waals surface area contributed by atoms with Gasteiger partial charge in [-0.1, -0.05) is 18.2 Å². The number of phenolic OH excluding ortho intramolecular Hbond substituents is 1. The van der Waals surface area contributed by atoms with Gasteiger partial charge in [0.15, 0.2) is 5.60 Å². The van der Waals surface area contributed by atoms with E-state index in [-0.39, 0.29) is 30.3 Å². The maximum atomic E-state index is 13.5. The monoisotopic (exact) mass is 741 g/mol. The number of carboxylic acids is 1. The molecule has 0 saturated carbocycles. The lowest BCUT2D eigenvalue weighted by Crippen LogP contribution is -2.68. The van der Waals surface area contributed by atoms with E-state index in [0.29, 0.717) is 50.4 Å². The fourth-order valence-electron chi connectivity index (χ4n) is 7.69. The molecule has 5 rings (SSSR count). The number of rotatable bonds is 11. The van der Waals surface area contributed by atoms with E-state index in [2.05, 4.69) is 15.5 Å². The Bertz CT molecular complexity index is 1640. The number of para-hydroxylation sites is 1. The van der Waals surface area contributed by atoms with Crippen molar-refractivity contribution >= 4 is 29.5 Å². The molecule has 2 aromatic rings. The van der Waals surface area contributed by atoms with Crippen LogP contribution in [-0.2, 0) is 19.1 Å². The zero-order valence-corrected chi connectivity index (χ0v) is 30.5. The second kappa shape index (κ2) is 16.4. The highest BCUT2D eigenvalue weighted by Crippen LogP contribution is 2.38. The van der Waals surface area contributed by atoms with E-state index in [1.807, 2.05) is 30.3 Å². The largest absolute Gasteiger partial charge is 0.507 e. The number of aliphatic hydroxyl groups is 3. The molecule has 1 spiro atoms. The number of anilines is 1. The molecule has 0 unspecified atom stereocenters. The Morgan fingerprint density at radius 3 is 2.40 bits per heavy atom. The predicted molar refractivity (Wildman–Crippen MR) is 192 cm³/mol. The van der Waals surface area contributed by atoms with E-state index in [9.17, 15) is 44.7 Å². The highest BCUT2D eigenvalue weighted by molar-refractivity contribution is 5.95. The topological polar surface area (TPSA) is 222 Å². The summed E-state index contributed by atoms with van der Waals surface area (Å²) < 4.78 is 12.0. The average Bonchev–Trinajstić information content (AvgIpc) is 3.56. The zero-order valence-electron chi connectivity index (χ0n) is 30.5. The number of aryl methyl sites for hydroxylation is 2. The summed E-state index contributed by atoms with van der Waals surface area (Å²) in [6, 6.07) is 10.7. The van der Waals surface area contributed by atoms with Crippen molar-refractivity contribution in [3.8, 4) is 5.75 Å². The number of carbonyl (C=O) groups excluding carboxylic acids is 3. The molecule has 4 amide bonds. The molecule has 0 bridgehead atoms. The normalized spacial score (nSPS) is 27.2. The number of nitrogens with one attached hydrogen (secondary N) is 2. The number of likely N-dealkylation sites (tertiary alicyclic amines) is 1. The Morgan fingerprint density at radius 2 is 1.75 bits per heavy atom. The minimum atomic E-state index is -2.04. The van der Waals surface area contributed by atoms with Crippen molar-refractivity contribution in [1.29, 1.82) is 0 Å². The quantitative estimate of drug-likeness (QED) is 0.166. The Morgan fingerprint density at radius 1 is 1.08 bits per heavy atom. The summed E-state index contributed by atoms with van der Waals surface area (Å²) in [7, 11) is 1.71. The van der Waals surface area contributed by atoms with Gasteiger partial charge < -0.3 is 50.5 Å². The molecule has 3 fully saturated rings. The van der Waals surface area contributed by atoms with Crippen LogP contribution in [0.5, 0.6) is 5.75 Å². The number of amides is 4. The minimum absolute atomic E-state index is 0.0479. The molecule has 7 N–H and O–H groups in total. The number of aromatic hydroxyl groups is 1. The first-order valence-corrected chi connectivity index (χ1v) is 17.8. The number of aliphatic carboxylic acids is 1. The number of urea groups is 1. The first-order chi connectivity index (χ1) is 25.1. The molecule has 53 heavy (non-hydrogen) atoms. The fourth-order valence-corrected chi connectivity index (χ4v) is 7.69. The highest BCUT2D eigenvalue weighted by atomic mass is 16.6. The summed E-state index contributed by atoms with van der Waals surface area (Å²) in [6.07, 6.45) is -6.60. The van der Waals surface area contributed by atoms with E-state index >= 15 is 0 Å².